The van der Waals surface area contributed by atoms with Crippen LogP contribution in [-0.4, -0.2) is 109 Å². The average Bonchev–Trinajstić information content (AvgIpc) is 3.89. The van der Waals surface area contributed by atoms with Gasteiger partial charge in [0.25, 0.3) is 5.91 Å². The van der Waals surface area contributed by atoms with E-state index in [1.165, 1.54) is 5.56 Å². The van der Waals surface area contributed by atoms with Gasteiger partial charge in [0.2, 0.25) is 12.3 Å². The van der Waals surface area contributed by atoms with Gasteiger partial charge in [-0.2, -0.15) is 0 Å². The number of hydrogen-bond donors (Lipinski definition) is 3. The number of amides is 3. The van der Waals surface area contributed by atoms with E-state index >= 15 is 0 Å². The highest BCUT2D eigenvalue weighted by Gasteiger charge is 2.50. The molecule has 0 aliphatic carbocycles. The lowest BCUT2D eigenvalue weighted by Gasteiger charge is -2.28. The first-order valence-electron chi connectivity index (χ1n) is 18.2. The van der Waals surface area contributed by atoms with Gasteiger partial charge in [0.05, 0.1) is 32.4 Å². The number of Topliss-reactive ketones (excluding diaryl/α,β-unsaturated/α-hetero) is 1. The van der Waals surface area contributed by atoms with Crippen LogP contribution in [0.3, 0.4) is 0 Å². The predicted molar refractivity (Wildman–Crippen MR) is 204 cm³/mol. The zero-order valence-electron chi connectivity index (χ0n) is 32.6. The minimum Gasteiger partial charge on any atom is -0.391 e. The zero-order valence-corrected chi connectivity index (χ0v) is 32.6. The molecule has 3 heterocycles. The first kappa shape index (κ1) is 45.8. The van der Waals surface area contributed by atoms with E-state index in [4.69, 9.17) is 14.3 Å². The smallest absolute Gasteiger partial charge is 0.268 e. The molecule has 0 saturated carbocycles. The Morgan fingerprint density at radius 2 is 1.65 bits per heavy atom. The van der Waals surface area contributed by atoms with Crippen LogP contribution in [0.2, 0.25) is 0 Å². The topological polar surface area (TPSA) is 164 Å². The number of epoxide rings is 1. The third-order valence-electron chi connectivity index (χ3n) is 7.68. The van der Waals surface area contributed by atoms with E-state index in [1.54, 1.807) is 20.0 Å². The summed E-state index contributed by atoms with van der Waals surface area (Å²) in [4.78, 5) is 57.9. The van der Waals surface area contributed by atoms with Crippen molar-refractivity contribution in [3.05, 3.63) is 66.0 Å². The summed E-state index contributed by atoms with van der Waals surface area (Å²) in [5.41, 5.74) is 1.84. The number of oxime groups is 1. The van der Waals surface area contributed by atoms with Gasteiger partial charge in [-0.25, -0.2) is 0 Å². The van der Waals surface area contributed by atoms with Crippen LogP contribution < -0.4 is 16.0 Å². The molecule has 52 heavy (non-hydrogen) atoms. The zero-order chi connectivity index (χ0) is 38.9. The van der Waals surface area contributed by atoms with Crippen LogP contribution in [-0.2, 0) is 39.9 Å². The molecule has 290 valence electrons. The van der Waals surface area contributed by atoms with E-state index in [-0.39, 0.29) is 42.2 Å². The quantitative estimate of drug-likeness (QED) is 0.101. The van der Waals surface area contributed by atoms with Crippen molar-refractivity contribution >= 4 is 29.7 Å². The Bertz CT molecular complexity index is 1330. The molecule has 2 aliphatic heterocycles. The van der Waals surface area contributed by atoms with Gasteiger partial charge in [-0.1, -0.05) is 74.8 Å². The summed E-state index contributed by atoms with van der Waals surface area (Å²) in [6.45, 7) is 21.7. The van der Waals surface area contributed by atoms with Gasteiger partial charge >= 0.3 is 0 Å². The van der Waals surface area contributed by atoms with E-state index in [0.717, 1.165) is 38.5 Å². The van der Waals surface area contributed by atoms with E-state index in [1.807, 2.05) is 77.9 Å². The first-order chi connectivity index (χ1) is 24.8. The van der Waals surface area contributed by atoms with Crippen LogP contribution in [0.4, 0.5) is 0 Å². The minimum atomic E-state index is -0.745. The van der Waals surface area contributed by atoms with Crippen molar-refractivity contribution in [2.24, 2.45) is 11.1 Å². The fourth-order valence-corrected chi connectivity index (χ4v) is 4.84. The highest BCUT2D eigenvalue weighted by atomic mass is 16.6. The van der Waals surface area contributed by atoms with Crippen molar-refractivity contribution in [3.63, 3.8) is 0 Å². The Morgan fingerprint density at radius 1 is 1.02 bits per heavy atom. The Balaban J connectivity index is 0.000000434. The van der Waals surface area contributed by atoms with Crippen LogP contribution in [0.25, 0.3) is 0 Å². The fourth-order valence-electron chi connectivity index (χ4n) is 4.84. The largest absolute Gasteiger partial charge is 0.391 e. The summed E-state index contributed by atoms with van der Waals surface area (Å²) in [7, 11) is 0. The average molecular weight is 727 g/mol. The van der Waals surface area contributed by atoms with E-state index < -0.39 is 11.6 Å². The summed E-state index contributed by atoms with van der Waals surface area (Å²) >= 11 is 0. The number of ether oxygens (including phenoxy) is 2. The number of aromatic nitrogens is 1. The maximum Gasteiger partial charge on any atom is 0.268 e. The van der Waals surface area contributed by atoms with E-state index in [2.05, 4.69) is 50.0 Å². The van der Waals surface area contributed by atoms with Gasteiger partial charge in [0.1, 0.15) is 17.4 Å². The molecule has 3 amide bonds. The summed E-state index contributed by atoms with van der Waals surface area (Å²) in [5.74, 6) is -0.413. The molecule has 0 bridgehead atoms. The normalized spacial score (nSPS) is 18.2. The van der Waals surface area contributed by atoms with Gasteiger partial charge in [0, 0.05) is 44.0 Å². The van der Waals surface area contributed by atoms with Crippen LogP contribution in [0.15, 0.2) is 59.9 Å². The van der Waals surface area contributed by atoms with Gasteiger partial charge in [-0.15, -0.1) is 0 Å². The molecule has 1 aromatic heterocycles. The number of morpholine rings is 1. The number of pyridine rings is 1. The fraction of sp³-hybridized carbons (Fsp3) is 0.590. The Kier molecular flexibility index (Phi) is 22.6. The molecular formula is C39H62N6O7. The molecule has 0 spiro atoms. The third kappa shape index (κ3) is 20.0. The van der Waals surface area contributed by atoms with Crippen molar-refractivity contribution in [3.8, 4) is 0 Å². The standard InChI is InChI=1S/C18H28N4O3.C12H20N2O4.C7H8.C2H6/c1-14(12-17-6-4-5-7-19-17)20-18(23)16(3)21-25-15(2)13-22-8-10-24-11-9-22;1-8(2)4-9(11(17)12(3)6-18-12)14-10(16)5-13-7-15;1-7-5-3-2-4-6-7;1-2/h4-7,14-15H,8-13H2,1-3H3,(H,20,23);7-9H,4-6H2,1-3H3,(H,13,15)(H,14,16);2-6H,1H3;1-2H3/b21-16+;;;/t14-,15?;;;/m1.../s1. The van der Waals surface area contributed by atoms with Gasteiger partial charge in [-0.3, -0.25) is 29.1 Å². The molecule has 4 atom stereocenters. The van der Waals surface area contributed by atoms with Crippen molar-refractivity contribution in [2.75, 3.05) is 46.0 Å². The predicted octanol–water partition coefficient (Wildman–Crippen LogP) is 3.88. The molecule has 4 rings (SSSR count). The second-order valence-electron chi connectivity index (χ2n) is 13.2. The second kappa shape index (κ2) is 25.7. The maximum atomic E-state index is 12.2. The number of nitrogens with zero attached hydrogens (tertiary/aromatic N) is 3. The molecule has 3 N–H and O–H groups in total. The summed E-state index contributed by atoms with van der Waals surface area (Å²) < 4.78 is 10.4. The summed E-state index contributed by atoms with van der Waals surface area (Å²) in [5, 5.41) is 11.8. The molecule has 1 aromatic carbocycles. The lowest BCUT2D eigenvalue weighted by Crippen LogP contribution is -2.48. The lowest BCUT2D eigenvalue weighted by molar-refractivity contribution is -0.130. The Morgan fingerprint density at radius 3 is 2.17 bits per heavy atom. The molecule has 2 fully saturated rings. The number of hydrogen-bond acceptors (Lipinski definition) is 10. The van der Waals surface area contributed by atoms with Gasteiger partial charge in [-0.05, 0) is 59.1 Å². The summed E-state index contributed by atoms with van der Waals surface area (Å²) in [6.07, 6.45) is 3.36. The molecule has 0 radical (unpaired) electrons. The number of ketones is 1. The summed E-state index contributed by atoms with van der Waals surface area (Å²) in [6, 6.07) is 15.4. The van der Waals surface area contributed by atoms with Gasteiger partial charge < -0.3 is 30.3 Å². The van der Waals surface area contributed by atoms with Crippen molar-refractivity contribution < 1.29 is 33.5 Å². The Hall–Kier alpha value is -4.20. The van der Waals surface area contributed by atoms with Crippen molar-refractivity contribution in [1.82, 2.24) is 25.8 Å². The number of benzene rings is 1. The number of rotatable bonds is 16. The molecule has 3 unspecified atom stereocenters. The maximum absolute atomic E-state index is 12.2. The molecule has 2 saturated heterocycles. The molecule has 2 aliphatic rings. The van der Waals surface area contributed by atoms with Crippen molar-refractivity contribution in [2.45, 2.75) is 98.9 Å². The third-order valence-corrected chi connectivity index (χ3v) is 7.68. The minimum absolute atomic E-state index is 0.0293. The van der Waals surface area contributed by atoms with Crippen LogP contribution in [0.1, 0.15) is 73.1 Å². The van der Waals surface area contributed by atoms with Crippen LogP contribution >= 0.6 is 0 Å². The monoisotopic (exact) mass is 726 g/mol. The molecule has 13 heteroatoms. The van der Waals surface area contributed by atoms with Crippen LogP contribution in [0, 0.1) is 12.8 Å². The first-order valence-corrected chi connectivity index (χ1v) is 18.2. The van der Waals surface area contributed by atoms with E-state index in [0.29, 0.717) is 31.6 Å². The molecule has 2 aromatic rings. The number of carbonyl (C=O) groups excluding carboxylic acids is 4. The second-order valence-corrected chi connectivity index (χ2v) is 13.2. The number of nitrogens with one attached hydrogen (secondary N) is 3. The van der Waals surface area contributed by atoms with Crippen LogP contribution in [0.5, 0.6) is 0 Å². The SMILES string of the molecule is C/C(=N\OC(C)CN1CCOCC1)C(=O)N[C@H](C)Cc1ccccn1.CC.CC(C)CC(NC(=O)CNC=O)C(=O)C1(C)CO1.Cc1ccccc1. The van der Waals surface area contributed by atoms with Gasteiger partial charge in [0.15, 0.2) is 5.78 Å². The highest BCUT2D eigenvalue weighted by Crippen LogP contribution is 2.29. The lowest BCUT2D eigenvalue weighted by atomic mass is 9.93. The van der Waals surface area contributed by atoms with E-state index in [9.17, 15) is 19.2 Å². The number of aryl methyl sites for hydroxylation is 1. The Labute approximate surface area is 310 Å². The highest BCUT2D eigenvalue weighted by molar-refractivity contribution is 6.37. The molecule has 13 nitrogen and oxygen atoms in total. The molecular weight excluding hydrogens is 664 g/mol. The number of carbonyl (C=O) groups is 4. The van der Waals surface area contributed by atoms with Crippen molar-refractivity contribution in [1.29, 1.82) is 0 Å².